The summed E-state index contributed by atoms with van der Waals surface area (Å²) in [6.45, 7) is 4.22. The Kier molecular flexibility index (Phi) is 6.46. The van der Waals surface area contributed by atoms with Crippen LogP contribution < -0.4 is 10.1 Å². The second-order valence-corrected chi connectivity index (χ2v) is 6.06. The molecule has 0 saturated carbocycles. The molecule has 1 N–H and O–H groups in total. The van der Waals surface area contributed by atoms with E-state index in [1.54, 1.807) is 14.2 Å². The minimum Gasteiger partial charge on any atom is -0.497 e. The van der Waals surface area contributed by atoms with Crippen LogP contribution >= 0.6 is 0 Å². The van der Waals surface area contributed by atoms with Gasteiger partial charge in [0.1, 0.15) is 5.75 Å². The first-order valence-corrected chi connectivity index (χ1v) is 8.26. The molecule has 1 fully saturated rings. The summed E-state index contributed by atoms with van der Waals surface area (Å²) in [5.41, 5.74) is 1.32. The fraction of sp³-hybridized carbons (Fsp3) is 0.556. The molecule has 1 aromatic rings. The SMILES string of the molecule is CN=C(NCC(C)C(=O)OC)N1CCC(c2ccc(OC)cc2)C1. The number of carbonyl (C=O) groups is 1. The van der Waals surface area contributed by atoms with Gasteiger partial charge in [-0.25, -0.2) is 0 Å². The molecule has 1 heterocycles. The number of rotatable bonds is 5. The van der Waals surface area contributed by atoms with E-state index in [9.17, 15) is 4.79 Å². The van der Waals surface area contributed by atoms with Crippen LogP contribution in [0.2, 0.25) is 0 Å². The minimum atomic E-state index is -0.213. The number of nitrogens with zero attached hydrogens (tertiary/aromatic N) is 2. The van der Waals surface area contributed by atoms with E-state index in [0.717, 1.165) is 31.2 Å². The monoisotopic (exact) mass is 333 g/mol. The highest BCUT2D eigenvalue weighted by atomic mass is 16.5. The average Bonchev–Trinajstić information content (AvgIpc) is 3.11. The van der Waals surface area contributed by atoms with Gasteiger partial charge < -0.3 is 19.7 Å². The summed E-state index contributed by atoms with van der Waals surface area (Å²) < 4.78 is 9.97. The minimum absolute atomic E-state index is 0.202. The number of benzene rings is 1. The zero-order valence-electron chi connectivity index (χ0n) is 14.9. The molecule has 0 radical (unpaired) electrons. The van der Waals surface area contributed by atoms with Crippen molar-refractivity contribution in [3.05, 3.63) is 29.8 Å². The van der Waals surface area contributed by atoms with E-state index in [4.69, 9.17) is 9.47 Å². The molecule has 1 aromatic carbocycles. The van der Waals surface area contributed by atoms with E-state index < -0.39 is 0 Å². The quantitative estimate of drug-likeness (QED) is 0.506. The van der Waals surface area contributed by atoms with Crippen molar-refractivity contribution in [1.29, 1.82) is 0 Å². The summed E-state index contributed by atoms with van der Waals surface area (Å²) in [5, 5.41) is 3.27. The second-order valence-electron chi connectivity index (χ2n) is 6.06. The van der Waals surface area contributed by atoms with Gasteiger partial charge in [-0.15, -0.1) is 0 Å². The van der Waals surface area contributed by atoms with Crippen LogP contribution in [0.3, 0.4) is 0 Å². The maximum atomic E-state index is 11.5. The zero-order chi connectivity index (χ0) is 17.5. The number of ether oxygens (including phenoxy) is 2. The number of guanidine groups is 1. The molecule has 2 unspecified atom stereocenters. The first-order chi connectivity index (χ1) is 11.6. The Labute approximate surface area is 143 Å². The van der Waals surface area contributed by atoms with Crippen molar-refractivity contribution >= 4 is 11.9 Å². The molecular weight excluding hydrogens is 306 g/mol. The molecule has 0 amide bonds. The molecule has 6 nitrogen and oxygen atoms in total. The topological polar surface area (TPSA) is 63.2 Å². The fourth-order valence-corrected chi connectivity index (χ4v) is 2.96. The Morgan fingerprint density at radius 3 is 2.67 bits per heavy atom. The van der Waals surface area contributed by atoms with Crippen LogP contribution in [0.15, 0.2) is 29.3 Å². The molecule has 2 atom stereocenters. The molecule has 6 heteroatoms. The number of aliphatic imine (C=N–C) groups is 1. The summed E-state index contributed by atoms with van der Waals surface area (Å²) in [6.07, 6.45) is 1.08. The maximum absolute atomic E-state index is 11.5. The highest BCUT2D eigenvalue weighted by Crippen LogP contribution is 2.28. The normalized spacial score (nSPS) is 19.1. The van der Waals surface area contributed by atoms with E-state index in [1.165, 1.54) is 12.7 Å². The van der Waals surface area contributed by atoms with Gasteiger partial charge in [0.25, 0.3) is 0 Å². The van der Waals surface area contributed by atoms with Crippen LogP contribution in [0.25, 0.3) is 0 Å². The van der Waals surface area contributed by atoms with Gasteiger partial charge >= 0.3 is 5.97 Å². The number of hydrogen-bond donors (Lipinski definition) is 1. The summed E-state index contributed by atoms with van der Waals surface area (Å²) in [4.78, 5) is 18.1. The molecule has 0 bridgehead atoms. The van der Waals surface area contributed by atoms with E-state index in [2.05, 4.69) is 27.3 Å². The fourth-order valence-electron chi connectivity index (χ4n) is 2.96. The van der Waals surface area contributed by atoms with Crippen molar-refractivity contribution in [3.63, 3.8) is 0 Å². The van der Waals surface area contributed by atoms with Gasteiger partial charge in [-0.3, -0.25) is 9.79 Å². The number of esters is 1. The maximum Gasteiger partial charge on any atom is 0.310 e. The molecule has 2 rings (SSSR count). The lowest BCUT2D eigenvalue weighted by Gasteiger charge is -2.23. The van der Waals surface area contributed by atoms with Gasteiger partial charge in [-0.2, -0.15) is 0 Å². The molecule has 1 saturated heterocycles. The first kappa shape index (κ1) is 18.1. The van der Waals surface area contributed by atoms with Crippen molar-refractivity contribution in [3.8, 4) is 5.75 Å². The molecular formula is C18H27N3O3. The third kappa shape index (κ3) is 4.40. The van der Waals surface area contributed by atoms with E-state index in [-0.39, 0.29) is 11.9 Å². The predicted molar refractivity (Wildman–Crippen MR) is 94.5 cm³/mol. The van der Waals surface area contributed by atoms with Gasteiger partial charge in [0.05, 0.1) is 20.1 Å². The van der Waals surface area contributed by atoms with Crippen LogP contribution in [-0.4, -0.2) is 57.7 Å². The van der Waals surface area contributed by atoms with Crippen molar-refractivity contribution in [2.75, 3.05) is 40.9 Å². The summed E-state index contributed by atoms with van der Waals surface area (Å²) in [5.74, 6) is 1.78. The molecule has 0 aromatic heterocycles. The average molecular weight is 333 g/mol. The highest BCUT2D eigenvalue weighted by Gasteiger charge is 2.26. The second kappa shape index (κ2) is 8.57. The number of carbonyl (C=O) groups excluding carboxylic acids is 1. The Bertz CT molecular complexity index is 571. The van der Waals surface area contributed by atoms with Crippen LogP contribution in [-0.2, 0) is 9.53 Å². The lowest BCUT2D eigenvalue weighted by molar-refractivity contribution is -0.144. The third-order valence-corrected chi connectivity index (χ3v) is 4.46. The number of nitrogens with one attached hydrogen (secondary N) is 1. The standard InChI is InChI=1S/C18H27N3O3/c1-13(17(22)24-4)11-20-18(19-2)21-10-9-15(12-21)14-5-7-16(23-3)8-6-14/h5-8,13,15H,9-12H2,1-4H3,(H,19,20). The van der Waals surface area contributed by atoms with Crippen molar-refractivity contribution < 1.29 is 14.3 Å². The summed E-state index contributed by atoms with van der Waals surface area (Å²) in [7, 11) is 4.86. The van der Waals surface area contributed by atoms with Gasteiger partial charge in [0.2, 0.25) is 0 Å². The Balaban J connectivity index is 1.91. The lowest BCUT2D eigenvalue weighted by atomic mass is 9.98. The van der Waals surface area contributed by atoms with E-state index in [1.807, 2.05) is 19.1 Å². The Morgan fingerprint density at radius 1 is 1.38 bits per heavy atom. The summed E-state index contributed by atoms with van der Waals surface area (Å²) >= 11 is 0. The molecule has 24 heavy (non-hydrogen) atoms. The smallest absolute Gasteiger partial charge is 0.310 e. The summed E-state index contributed by atoms with van der Waals surface area (Å²) in [6, 6.07) is 8.26. The Morgan fingerprint density at radius 2 is 2.08 bits per heavy atom. The number of likely N-dealkylation sites (tertiary alicyclic amines) is 1. The third-order valence-electron chi connectivity index (χ3n) is 4.46. The van der Waals surface area contributed by atoms with Gasteiger partial charge in [0.15, 0.2) is 5.96 Å². The predicted octanol–water partition coefficient (Wildman–Crippen LogP) is 1.87. The molecule has 1 aliphatic heterocycles. The molecule has 1 aliphatic rings. The highest BCUT2D eigenvalue weighted by molar-refractivity contribution is 5.81. The van der Waals surface area contributed by atoms with Gasteiger partial charge in [-0.1, -0.05) is 19.1 Å². The van der Waals surface area contributed by atoms with Gasteiger partial charge in [-0.05, 0) is 24.1 Å². The van der Waals surface area contributed by atoms with Crippen LogP contribution in [0.1, 0.15) is 24.8 Å². The molecule has 0 aliphatic carbocycles. The lowest BCUT2D eigenvalue weighted by Crippen LogP contribution is -2.42. The zero-order valence-corrected chi connectivity index (χ0v) is 14.9. The van der Waals surface area contributed by atoms with Crippen molar-refractivity contribution in [1.82, 2.24) is 10.2 Å². The van der Waals surface area contributed by atoms with Gasteiger partial charge in [0, 0.05) is 32.6 Å². The Hall–Kier alpha value is -2.24. The van der Waals surface area contributed by atoms with Crippen LogP contribution in [0.5, 0.6) is 5.75 Å². The van der Waals surface area contributed by atoms with Crippen LogP contribution in [0, 0.1) is 5.92 Å². The number of hydrogen-bond acceptors (Lipinski definition) is 4. The van der Waals surface area contributed by atoms with Crippen molar-refractivity contribution in [2.24, 2.45) is 10.9 Å². The molecule has 132 valence electrons. The largest absolute Gasteiger partial charge is 0.497 e. The van der Waals surface area contributed by atoms with Crippen LogP contribution in [0.4, 0.5) is 0 Å². The van der Waals surface area contributed by atoms with E-state index in [0.29, 0.717) is 12.5 Å². The van der Waals surface area contributed by atoms with Crippen molar-refractivity contribution in [2.45, 2.75) is 19.3 Å². The van der Waals surface area contributed by atoms with E-state index >= 15 is 0 Å². The number of methoxy groups -OCH3 is 2. The first-order valence-electron chi connectivity index (χ1n) is 8.26. The molecule has 0 spiro atoms.